The molecule has 2 aromatic heterocycles. The van der Waals surface area contributed by atoms with E-state index in [1.807, 2.05) is 0 Å². The number of rotatable bonds is 5. The molecule has 0 bridgehead atoms. The highest BCUT2D eigenvalue weighted by atomic mass is 16.5. The van der Waals surface area contributed by atoms with E-state index < -0.39 is 0 Å². The largest absolute Gasteiger partial charge is 0.377 e. The topological polar surface area (TPSA) is 98.0 Å². The molecule has 1 aliphatic heterocycles. The van der Waals surface area contributed by atoms with E-state index in [4.69, 9.17) is 4.74 Å². The first-order chi connectivity index (χ1) is 12.0. The van der Waals surface area contributed by atoms with Crippen molar-refractivity contribution in [3.8, 4) is 0 Å². The van der Waals surface area contributed by atoms with Crippen molar-refractivity contribution >= 4 is 0 Å². The van der Waals surface area contributed by atoms with Crippen molar-refractivity contribution in [2.24, 2.45) is 14.1 Å². The van der Waals surface area contributed by atoms with Crippen LogP contribution in [0.5, 0.6) is 0 Å². The van der Waals surface area contributed by atoms with Crippen molar-refractivity contribution in [2.75, 3.05) is 13.7 Å². The Morgan fingerprint density at radius 1 is 1.28 bits per heavy atom. The van der Waals surface area contributed by atoms with Crippen LogP contribution in [0.2, 0.25) is 0 Å². The molecule has 0 aliphatic carbocycles. The lowest BCUT2D eigenvalue weighted by atomic mass is 10.0. The molecule has 9 nitrogen and oxygen atoms in total. The van der Waals surface area contributed by atoms with Gasteiger partial charge in [0.15, 0.2) is 11.6 Å². The Balaban J connectivity index is 1.87. The Labute approximate surface area is 145 Å². The van der Waals surface area contributed by atoms with E-state index in [0.717, 1.165) is 36.2 Å². The molecule has 0 spiro atoms. The SMILES string of the molecule is COCc1nc([C@@H]2CCCCN2Cc2cc(=O)n(C)c(=O)n2C)n[nH]1. The number of nitrogens with one attached hydrogen (secondary N) is 1. The summed E-state index contributed by atoms with van der Waals surface area (Å²) >= 11 is 0. The van der Waals surface area contributed by atoms with Crippen LogP contribution in [-0.4, -0.2) is 42.9 Å². The summed E-state index contributed by atoms with van der Waals surface area (Å²) in [6.07, 6.45) is 3.12. The van der Waals surface area contributed by atoms with E-state index in [9.17, 15) is 9.59 Å². The Morgan fingerprint density at radius 2 is 2.08 bits per heavy atom. The summed E-state index contributed by atoms with van der Waals surface area (Å²) in [5, 5.41) is 7.23. The monoisotopic (exact) mass is 348 g/mol. The van der Waals surface area contributed by atoms with Gasteiger partial charge in [0, 0.05) is 39.5 Å². The molecule has 3 heterocycles. The van der Waals surface area contributed by atoms with Gasteiger partial charge in [0.2, 0.25) is 0 Å². The maximum Gasteiger partial charge on any atom is 0.330 e. The standard InChI is InChI=1S/C16H24N6O3/c1-20-11(8-14(23)21(2)16(20)24)9-22-7-5-4-6-12(22)15-17-13(10-25-3)18-19-15/h8,12H,4-7,9-10H2,1-3H3,(H,17,18,19)/t12-/m0/s1. The number of ether oxygens (including phenoxy) is 1. The third-order valence-corrected chi connectivity index (χ3v) is 4.73. The maximum atomic E-state index is 12.1. The van der Waals surface area contributed by atoms with Crippen LogP contribution in [0.15, 0.2) is 15.7 Å². The van der Waals surface area contributed by atoms with Crippen LogP contribution in [0.25, 0.3) is 0 Å². The van der Waals surface area contributed by atoms with Crippen molar-refractivity contribution in [2.45, 2.75) is 38.5 Å². The summed E-state index contributed by atoms with van der Waals surface area (Å²) in [5.74, 6) is 1.43. The molecular weight excluding hydrogens is 324 g/mol. The van der Waals surface area contributed by atoms with Gasteiger partial charge >= 0.3 is 5.69 Å². The van der Waals surface area contributed by atoms with Crippen molar-refractivity contribution in [1.82, 2.24) is 29.2 Å². The second kappa shape index (κ2) is 7.32. The summed E-state index contributed by atoms with van der Waals surface area (Å²) in [7, 11) is 4.80. The van der Waals surface area contributed by atoms with Gasteiger partial charge < -0.3 is 4.74 Å². The molecule has 25 heavy (non-hydrogen) atoms. The number of hydrogen-bond acceptors (Lipinski definition) is 6. The third-order valence-electron chi connectivity index (χ3n) is 4.73. The fourth-order valence-corrected chi connectivity index (χ4v) is 3.27. The van der Waals surface area contributed by atoms with Crippen LogP contribution in [-0.2, 0) is 32.0 Å². The van der Waals surface area contributed by atoms with Gasteiger partial charge in [-0.3, -0.25) is 23.9 Å². The lowest BCUT2D eigenvalue weighted by Gasteiger charge is -2.34. The van der Waals surface area contributed by atoms with Gasteiger partial charge in [-0.25, -0.2) is 9.78 Å². The van der Waals surface area contributed by atoms with Crippen molar-refractivity contribution < 1.29 is 4.74 Å². The molecule has 9 heteroatoms. The Hall–Kier alpha value is -2.26. The van der Waals surface area contributed by atoms with Crippen LogP contribution in [0, 0.1) is 0 Å². The van der Waals surface area contributed by atoms with E-state index in [2.05, 4.69) is 20.1 Å². The van der Waals surface area contributed by atoms with E-state index in [-0.39, 0.29) is 17.3 Å². The van der Waals surface area contributed by atoms with Crippen molar-refractivity contribution in [3.05, 3.63) is 44.2 Å². The Kier molecular flexibility index (Phi) is 5.14. The van der Waals surface area contributed by atoms with Gasteiger partial charge in [-0.05, 0) is 19.4 Å². The molecule has 1 N–H and O–H groups in total. The van der Waals surface area contributed by atoms with Crippen LogP contribution in [0.3, 0.4) is 0 Å². The zero-order chi connectivity index (χ0) is 18.0. The number of piperidine rings is 1. The quantitative estimate of drug-likeness (QED) is 0.821. The van der Waals surface area contributed by atoms with E-state index in [1.54, 1.807) is 14.2 Å². The smallest absolute Gasteiger partial charge is 0.330 e. The zero-order valence-electron chi connectivity index (χ0n) is 14.9. The zero-order valence-corrected chi connectivity index (χ0v) is 14.9. The van der Waals surface area contributed by atoms with Gasteiger partial charge in [0.05, 0.1) is 6.04 Å². The number of H-pyrrole nitrogens is 1. The highest BCUT2D eigenvalue weighted by Gasteiger charge is 2.28. The fourth-order valence-electron chi connectivity index (χ4n) is 3.27. The number of likely N-dealkylation sites (tertiary alicyclic amines) is 1. The molecule has 1 fully saturated rings. The van der Waals surface area contributed by atoms with Gasteiger partial charge in [-0.15, -0.1) is 0 Å². The molecule has 0 unspecified atom stereocenters. The van der Waals surface area contributed by atoms with Gasteiger partial charge in [-0.2, -0.15) is 5.10 Å². The lowest BCUT2D eigenvalue weighted by molar-refractivity contribution is 0.130. The van der Waals surface area contributed by atoms with Crippen LogP contribution < -0.4 is 11.2 Å². The third kappa shape index (κ3) is 3.57. The summed E-state index contributed by atoms with van der Waals surface area (Å²) in [6.45, 7) is 1.78. The average molecular weight is 348 g/mol. The summed E-state index contributed by atoms with van der Waals surface area (Å²) in [4.78, 5) is 30.9. The molecule has 2 aromatic rings. The summed E-state index contributed by atoms with van der Waals surface area (Å²) < 4.78 is 7.73. The molecule has 0 saturated carbocycles. The fraction of sp³-hybridized carbons (Fsp3) is 0.625. The first kappa shape index (κ1) is 17.6. The van der Waals surface area contributed by atoms with Gasteiger partial charge in [0.1, 0.15) is 6.61 Å². The molecule has 3 rings (SSSR count). The van der Waals surface area contributed by atoms with Crippen molar-refractivity contribution in [1.29, 1.82) is 0 Å². The first-order valence-electron chi connectivity index (χ1n) is 8.41. The minimum Gasteiger partial charge on any atom is -0.377 e. The second-order valence-electron chi connectivity index (χ2n) is 6.43. The molecule has 136 valence electrons. The lowest BCUT2D eigenvalue weighted by Crippen LogP contribution is -2.41. The molecular formula is C16H24N6O3. The van der Waals surface area contributed by atoms with Crippen LogP contribution in [0.4, 0.5) is 0 Å². The van der Waals surface area contributed by atoms with Crippen LogP contribution in [0.1, 0.15) is 42.6 Å². The predicted octanol–water partition coefficient (Wildman–Crippen LogP) is 0.0757. The Morgan fingerprint density at radius 3 is 2.84 bits per heavy atom. The minimum absolute atomic E-state index is 0.0646. The molecule has 0 radical (unpaired) electrons. The van der Waals surface area contributed by atoms with E-state index in [0.29, 0.717) is 24.7 Å². The first-order valence-corrected chi connectivity index (χ1v) is 8.41. The van der Waals surface area contributed by atoms with Gasteiger partial charge in [0.25, 0.3) is 5.56 Å². The normalized spacial score (nSPS) is 18.6. The summed E-state index contributed by atoms with van der Waals surface area (Å²) in [6, 6.07) is 1.59. The number of hydrogen-bond donors (Lipinski definition) is 1. The Bertz CT molecular complexity index is 852. The highest BCUT2D eigenvalue weighted by Crippen LogP contribution is 2.29. The molecule has 0 amide bonds. The van der Waals surface area contributed by atoms with E-state index >= 15 is 0 Å². The molecule has 1 aliphatic rings. The average Bonchev–Trinajstić information content (AvgIpc) is 3.07. The van der Waals surface area contributed by atoms with Crippen molar-refractivity contribution in [3.63, 3.8) is 0 Å². The second-order valence-corrected chi connectivity index (χ2v) is 6.43. The molecule has 1 saturated heterocycles. The number of aromatic amines is 1. The highest BCUT2D eigenvalue weighted by molar-refractivity contribution is 5.05. The summed E-state index contributed by atoms with van der Waals surface area (Å²) in [5.41, 5.74) is 0.107. The number of nitrogens with zero attached hydrogens (tertiary/aromatic N) is 5. The van der Waals surface area contributed by atoms with Crippen LogP contribution >= 0.6 is 0 Å². The van der Waals surface area contributed by atoms with E-state index in [1.165, 1.54) is 17.7 Å². The van der Waals surface area contributed by atoms with Gasteiger partial charge in [-0.1, -0.05) is 6.42 Å². The molecule has 0 aromatic carbocycles. The predicted molar refractivity (Wildman–Crippen MR) is 91.0 cm³/mol. The molecule has 1 atom stereocenters. The maximum absolute atomic E-state index is 12.1. The minimum atomic E-state index is -0.309. The number of aromatic nitrogens is 5. The number of methoxy groups -OCH3 is 1.